The van der Waals surface area contributed by atoms with Gasteiger partial charge in [0.2, 0.25) is 11.8 Å². The summed E-state index contributed by atoms with van der Waals surface area (Å²) in [7, 11) is 1.74. The first-order chi connectivity index (χ1) is 15.0. The maximum atomic E-state index is 12.5. The summed E-state index contributed by atoms with van der Waals surface area (Å²) in [6, 6.07) is 13.1. The molecule has 1 saturated carbocycles. The lowest BCUT2D eigenvalue weighted by atomic mass is 10.2. The van der Waals surface area contributed by atoms with Crippen molar-refractivity contribution in [3.63, 3.8) is 0 Å². The Hall–Kier alpha value is -2.71. The van der Waals surface area contributed by atoms with Crippen LogP contribution >= 0.6 is 11.8 Å². The van der Waals surface area contributed by atoms with Gasteiger partial charge in [0.1, 0.15) is 0 Å². The van der Waals surface area contributed by atoms with Crippen LogP contribution in [-0.4, -0.2) is 48.9 Å². The van der Waals surface area contributed by atoms with Crippen LogP contribution in [0.4, 0.5) is 11.4 Å². The van der Waals surface area contributed by atoms with Crippen LogP contribution in [0, 0.1) is 0 Å². The zero-order valence-electron chi connectivity index (χ0n) is 17.8. The van der Waals surface area contributed by atoms with E-state index in [2.05, 4.69) is 10.6 Å². The quantitative estimate of drug-likeness (QED) is 0.633. The molecule has 2 N–H and O–H groups in total. The standard InChI is InChI=1S/C23H27N3O4S/c1-26(15-22(28)25-17-7-3-4-8-20(17)31-2)14-21(27)24-16-9-10-18-19(13-16)30-23(29-18)11-5-6-12-23/h3-4,7-10,13H,5-6,11-12,14-15H2,1-2H3,(H,24,27)(H,25,28). The van der Waals surface area contributed by atoms with Gasteiger partial charge in [0.25, 0.3) is 5.79 Å². The summed E-state index contributed by atoms with van der Waals surface area (Å²) in [6.07, 6.45) is 5.93. The average molecular weight is 442 g/mol. The molecule has 2 amide bonds. The Balaban J connectivity index is 1.28. The molecule has 0 bridgehead atoms. The highest BCUT2D eigenvalue weighted by molar-refractivity contribution is 7.98. The van der Waals surface area contributed by atoms with Crippen molar-refractivity contribution in [3.05, 3.63) is 42.5 Å². The zero-order chi connectivity index (χ0) is 21.8. The van der Waals surface area contributed by atoms with Gasteiger partial charge in [0.05, 0.1) is 18.8 Å². The largest absolute Gasteiger partial charge is 0.448 e. The van der Waals surface area contributed by atoms with E-state index < -0.39 is 5.79 Å². The molecule has 1 spiro atoms. The molecule has 1 heterocycles. The predicted octanol–water partition coefficient (Wildman–Crippen LogP) is 3.96. The van der Waals surface area contributed by atoms with Crippen LogP contribution in [-0.2, 0) is 9.59 Å². The Morgan fingerprint density at radius 1 is 1.00 bits per heavy atom. The number of rotatable bonds is 7. The maximum absolute atomic E-state index is 12.5. The Labute approximate surface area is 186 Å². The van der Waals surface area contributed by atoms with Crippen LogP contribution in [0.5, 0.6) is 11.5 Å². The normalized spacial score (nSPS) is 16.0. The number of amides is 2. The third-order valence-corrected chi connectivity index (χ3v) is 6.19. The highest BCUT2D eigenvalue weighted by Gasteiger charge is 2.44. The van der Waals surface area contributed by atoms with Crippen molar-refractivity contribution in [2.75, 3.05) is 37.0 Å². The molecule has 4 rings (SSSR count). The fraction of sp³-hybridized carbons (Fsp3) is 0.391. The molecule has 8 heteroatoms. The van der Waals surface area contributed by atoms with Crippen LogP contribution < -0.4 is 20.1 Å². The lowest BCUT2D eigenvalue weighted by Crippen LogP contribution is -2.36. The smallest absolute Gasteiger partial charge is 0.251 e. The summed E-state index contributed by atoms with van der Waals surface area (Å²) in [6.45, 7) is 0.204. The Kier molecular flexibility index (Phi) is 6.38. The summed E-state index contributed by atoms with van der Waals surface area (Å²) in [5, 5.41) is 5.78. The van der Waals surface area contributed by atoms with E-state index in [0.29, 0.717) is 11.4 Å². The molecule has 0 radical (unpaired) electrons. The minimum Gasteiger partial charge on any atom is -0.448 e. The second-order valence-corrected chi connectivity index (χ2v) is 8.80. The summed E-state index contributed by atoms with van der Waals surface area (Å²) in [5.41, 5.74) is 1.42. The van der Waals surface area contributed by atoms with Crippen LogP contribution in [0.25, 0.3) is 0 Å². The Morgan fingerprint density at radius 3 is 2.42 bits per heavy atom. The van der Waals surface area contributed by atoms with Crippen molar-refractivity contribution >= 4 is 35.0 Å². The van der Waals surface area contributed by atoms with Crippen molar-refractivity contribution in [1.82, 2.24) is 4.90 Å². The van der Waals surface area contributed by atoms with Gasteiger partial charge < -0.3 is 20.1 Å². The molecule has 2 aromatic rings. The number of likely N-dealkylation sites (N-methyl/N-ethyl adjacent to an activating group) is 1. The van der Waals surface area contributed by atoms with Gasteiger partial charge in [-0.2, -0.15) is 0 Å². The van der Waals surface area contributed by atoms with Gasteiger partial charge in [0, 0.05) is 29.5 Å². The number of hydrogen-bond acceptors (Lipinski definition) is 6. The van der Waals surface area contributed by atoms with Crippen LogP contribution in [0.3, 0.4) is 0 Å². The van der Waals surface area contributed by atoms with E-state index in [-0.39, 0.29) is 24.9 Å². The monoisotopic (exact) mass is 441 g/mol. The molecular formula is C23H27N3O4S. The van der Waals surface area contributed by atoms with E-state index >= 15 is 0 Å². The summed E-state index contributed by atoms with van der Waals surface area (Å²) in [5.74, 6) is 0.503. The molecule has 1 aliphatic carbocycles. The third-order valence-electron chi connectivity index (χ3n) is 5.39. The SMILES string of the molecule is CSc1ccccc1NC(=O)CN(C)CC(=O)Nc1ccc2c(c1)OC1(CCCC1)O2. The molecule has 7 nitrogen and oxygen atoms in total. The van der Waals surface area contributed by atoms with Crippen LogP contribution in [0.1, 0.15) is 25.7 Å². The van der Waals surface area contributed by atoms with Gasteiger partial charge in [-0.1, -0.05) is 12.1 Å². The number of nitrogens with zero attached hydrogens (tertiary/aromatic N) is 1. The molecule has 1 aliphatic heterocycles. The van der Waals surface area contributed by atoms with E-state index in [0.717, 1.165) is 42.0 Å². The molecule has 0 unspecified atom stereocenters. The highest BCUT2D eigenvalue weighted by Crippen LogP contribution is 2.47. The fourth-order valence-electron chi connectivity index (χ4n) is 3.97. The van der Waals surface area contributed by atoms with Crippen molar-refractivity contribution in [3.8, 4) is 11.5 Å². The van der Waals surface area contributed by atoms with Crippen molar-refractivity contribution in [1.29, 1.82) is 0 Å². The number of nitrogens with one attached hydrogen (secondary N) is 2. The van der Waals surface area contributed by atoms with Crippen molar-refractivity contribution in [2.24, 2.45) is 0 Å². The predicted molar refractivity (Wildman–Crippen MR) is 122 cm³/mol. The number of hydrogen-bond donors (Lipinski definition) is 2. The number of fused-ring (bicyclic) bond motifs is 1. The van der Waals surface area contributed by atoms with Crippen molar-refractivity contribution < 1.29 is 19.1 Å². The lowest BCUT2D eigenvalue weighted by molar-refractivity contribution is -0.119. The number of ether oxygens (including phenoxy) is 2. The van der Waals surface area contributed by atoms with Gasteiger partial charge in [-0.05, 0) is 50.4 Å². The van der Waals surface area contributed by atoms with E-state index in [1.807, 2.05) is 36.6 Å². The summed E-state index contributed by atoms with van der Waals surface area (Å²) >= 11 is 1.57. The number of carbonyl (C=O) groups is 2. The first-order valence-corrected chi connectivity index (χ1v) is 11.6. The van der Waals surface area contributed by atoms with Gasteiger partial charge in [-0.15, -0.1) is 11.8 Å². The van der Waals surface area contributed by atoms with Gasteiger partial charge >= 0.3 is 0 Å². The van der Waals surface area contributed by atoms with Gasteiger partial charge in [-0.25, -0.2) is 0 Å². The zero-order valence-corrected chi connectivity index (χ0v) is 18.6. The molecule has 31 heavy (non-hydrogen) atoms. The minimum atomic E-state index is -0.520. The second-order valence-electron chi connectivity index (χ2n) is 7.95. The number of para-hydroxylation sites is 1. The van der Waals surface area contributed by atoms with E-state index in [4.69, 9.17) is 9.47 Å². The second kappa shape index (κ2) is 9.20. The Morgan fingerprint density at radius 2 is 1.68 bits per heavy atom. The summed E-state index contributed by atoms with van der Waals surface area (Å²) in [4.78, 5) is 27.5. The van der Waals surface area contributed by atoms with Crippen molar-refractivity contribution in [2.45, 2.75) is 36.4 Å². The summed E-state index contributed by atoms with van der Waals surface area (Å²) < 4.78 is 12.0. The molecule has 2 aliphatic rings. The first-order valence-electron chi connectivity index (χ1n) is 10.4. The number of thioether (sulfide) groups is 1. The molecule has 1 fully saturated rings. The fourth-order valence-corrected chi connectivity index (χ4v) is 4.53. The van der Waals surface area contributed by atoms with Crippen LogP contribution in [0.15, 0.2) is 47.4 Å². The number of benzene rings is 2. The van der Waals surface area contributed by atoms with E-state index in [1.165, 1.54) is 0 Å². The minimum absolute atomic E-state index is 0.0932. The number of carbonyl (C=O) groups excluding carboxylic acids is 2. The highest BCUT2D eigenvalue weighted by atomic mass is 32.2. The molecule has 0 saturated heterocycles. The maximum Gasteiger partial charge on any atom is 0.251 e. The molecule has 164 valence electrons. The number of anilines is 2. The van der Waals surface area contributed by atoms with E-state index in [1.54, 1.807) is 35.8 Å². The molecule has 2 aromatic carbocycles. The average Bonchev–Trinajstić information content (AvgIpc) is 3.33. The topological polar surface area (TPSA) is 79.9 Å². The molecule has 0 aromatic heterocycles. The van der Waals surface area contributed by atoms with E-state index in [9.17, 15) is 9.59 Å². The Bertz CT molecular complexity index is 975. The van der Waals surface area contributed by atoms with Gasteiger partial charge in [0.15, 0.2) is 11.5 Å². The van der Waals surface area contributed by atoms with Crippen LogP contribution in [0.2, 0.25) is 0 Å². The first kappa shape index (κ1) is 21.5. The molecule has 0 atom stereocenters. The van der Waals surface area contributed by atoms with Gasteiger partial charge in [-0.3, -0.25) is 14.5 Å². The third kappa shape index (κ3) is 5.14. The molecular weight excluding hydrogens is 414 g/mol. The lowest BCUT2D eigenvalue weighted by Gasteiger charge is -2.21.